The molecule has 2 aromatic carbocycles. The molecule has 0 aliphatic heterocycles. The van der Waals surface area contributed by atoms with Crippen LogP contribution in [0.3, 0.4) is 0 Å². The van der Waals surface area contributed by atoms with Crippen LogP contribution in [0.25, 0.3) is 0 Å². The number of ether oxygens (including phenoxy) is 1. The molecule has 1 unspecified atom stereocenters. The Kier molecular flexibility index (Phi) is 6.40. The molecule has 0 bridgehead atoms. The van der Waals surface area contributed by atoms with Crippen LogP contribution in [0, 0.1) is 0 Å². The van der Waals surface area contributed by atoms with Gasteiger partial charge in [-0.1, -0.05) is 42.5 Å². The second-order valence-corrected chi connectivity index (χ2v) is 5.52. The Morgan fingerprint density at radius 2 is 1.77 bits per heavy atom. The van der Waals surface area contributed by atoms with Crippen molar-refractivity contribution in [1.82, 2.24) is 4.90 Å². The number of aromatic hydroxyl groups is 1. The summed E-state index contributed by atoms with van der Waals surface area (Å²) in [4.78, 5) is 2.01. The van der Waals surface area contributed by atoms with E-state index in [1.54, 1.807) is 12.1 Å². The summed E-state index contributed by atoms with van der Waals surface area (Å²) in [7, 11) is 1.93. The lowest BCUT2D eigenvalue weighted by Crippen LogP contribution is -2.31. The van der Waals surface area contributed by atoms with Gasteiger partial charge in [0.2, 0.25) is 0 Å². The Hall–Kier alpha value is -1.88. The van der Waals surface area contributed by atoms with E-state index in [1.165, 1.54) is 0 Å². The predicted octanol–water partition coefficient (Wildman–Crippen LogP) is 2.40. The van der Waals surface area contributed by atoms with E-state index in [0.717, 1.165) is 11.1 Å². The number of phenolic OH excluding ortho intramolecular Hbond substituents is 1. The molecule has 4 nitrogen and oxygen atoms in total. The summed E-state index contributed by atoms with van der Waals surface area (Å²) < 4.78 is 5.54. The lowest BCUT2D eigenvalue weighted by atomic mass is 10.2. The van der Waals surface area contributed by atoms with Gasteiger partial charge in [0.05, 0.1) is 19.3 Å². The Labute approximate surface area is 131 Å². The first-order chi connectivity index (χ1) is 10.6. The van der Waals surface area contributed by atoms with Gasteiger partial charge in [0, 0.05) is 13.1 Å². The van der Waals surface area contributed by atoms with Crippen molar-refractivity contribution in [3.05, 3.63) is 65.7 Å². The van der Waals surface area contributed by atoms with Crippen molar-refractivity contribution < 1.29 is 14.9 Å². The Morgan fingerprint density at radius 1 is 1.05 bits per heavy atom. The van der Waals surface area contributed by atoms with Gasteiger partial charge in [0.25, 0.3) is 0 Å². The van der Waals surface area contributed by atoms with E-state index in [2.05, 4.69) is 0 Å². The van der Waals surface area contributed by atoms with Crippen LogP contribution in [0.2, 0.25) is 0 Å². The van der Waals surface area contributed by atoms with Crippen LogP contribution in [0.1, 0.15) is 11.1 Å². The number of likely N-dealkylation sites (N-methyl/N-ethyl adjacent to an activating group) is 1. The number of nitrogens with zero attached hydrogens (tertiary/aromatic N) is 1. The fourth-order valence-electron chi connectivity index (χ4n) is 2.33. The second kappa shape index (κ2) is 8.54. The molecule has 0 saturated carbocycles. The van der Waals surface area contributed by atoms with Crippen molar-refractivity contribution in [3.8, 4) is 5.75 Å². The van der Waals surface area contributed by atoms with Crippen LogP contribution in [-0.2, 0) is 17.9 Å². The van der Waals surface area contributed by atoms with E-state index < -0.39 is 6.10 Å². The van der Waals surface area contributed by atoms with Gasteiger partial charge in [-0.3, -0.25) is 4.90 Å². The lowest BCUT2D eigenvalue weighted by molar-refractivity contribution is 0.0127. The predicted molar refractivity (Wildman–Crippen MR) is 86.5 cm³/mol. The molecule has 0 spiro atoms. The first-order valence-electron chi connectivity index (χ1n) is 7.39. The molecule has 0 saturated heterocycles. The van der Waals surface area contributed by atoms with Crippen molar-refractivity contribution in [2.45, 2.75) is 19.3 Å². The average Bonchev–Trinajstić information content (AvgIpc) is 2.48. The van der Waals surface area contributed by atoms with Crippen LogP contribution >= 0.6 is 0 Å². The van der Waals surface area contributed by atoms with Gasteiger partial charge in [0.15, 0.2) is 0 Å². The fourth-order valence-corrected chi connectivity index (χ4v) is 2.33. The minimum absolute atomic E-state index is 0.262. The zero-order valence-corrected chi connectivity index (χ0v) is 12.9. The SMILES string of the molecule is CN(Cc1cccc(O)c1)CC(O)COCc1ccccc1. The van der Waals surface area contributed by atoms with Crippen LogP contribution in [0.5, 0.6) is 5.75 Å². The third-order valence-corrected chi connectivity index (χ3v) is 3.31. The fraction of sp³-hybridized carbons (Fsp3) is 0.333. The van der Waals surface area contributed by atoms with Crippen molar-refractivity contribution >= 4 is 0 Å². The highest BCUT2D eigenvalue weighted by Crippen LogP contribution is 2.12. The largest absolute Gasteiger partial charge is 0.508 e. The van der Waals surface area contributed by atoms with Gasteiger partial charge in [-0.05, 0) is 30.3 Å². The first kappa shape index (κ1) is 16.5. The molecule has 0 heterocycles. The molecular weight excluding hydrogens is 278 g/mol. The molecule has 22 heavy (non-hydrogen) atoms. The number of aliphatic hydroxyl groups is 1. The number of phenols is 1. The molecule has 0 fully saturated rings. The smallest absolute Gasteiger partial charge is 0.115 e. The summed E-state index contributed by atoms with van der Waals surface area (Å²) in [6.45, 7) is 2.00. The molecule has 0 amide bonds. The van der Waals surface area contributed by atoms with Gasteiger partial charge in [-0.25, -0.2) is 0 Å². The summed E-state index contributed by atoms with van der Waals surface area (Å²) >= 11 is 0. The Bertz CT molecular complexity index is 559. The average molecular weight is 301 g/mol. The van der Waals surface area contributed by atoms with E-state index in [1.807, 2.05) is 54.4 Å². The Balaban J connectivity index is 1.69. The van der Waals surface area contributed by atoms with Gasteiger partial charge >= 0.3 is 0 Å². The van der Waals surface area contributed by atoms with Crippen molar-refractivity contribution in [1.29, 1.82) is 0 Å². The monoisotopic (exact) mass is 301 g/mol. The van der Waals surface area contributed by atoms with Crippen LogP contribution in [-0.4, -0.2) is 41.4 Å². The number of hydrogen-bond acceptors (Lipinski definition) is 4. The zero-order chi connectivity index (χ0) is 15.8. The second-order valence-electron chi connectivity index (χ2n) is 5.52. The highest BCUT2D eigenvalue weighted by molar-refractivity contribution is 5.26. The summed E-state index contributed by atoms with van der Waals surface area (Å²) in [5, 5.41) is 19.5. The van der Waals surface area contributed by atoms with Crippen LogP contribution in [0.4, 0.5) is 0 Å². The standard InChI is InChI=1S/C18H23NO3/c1-19(11-16-8-5-9-17(20)10-16)12-18(21)14-22-13-15-6-3-2-4-7-15/h2-10,18,20-21H,11-14H2,1H3. The quantitative estimate of drug-likeness (QED) is 0.786. The topological polar surface area (TPSA) is 52.9 Å². The van der Waals surface area contributed by atoms with E-state index in [4.69, 9.17) is 4.74 Å². The maximum atomic E-state index is 10.0. The molecule has 0 aliphatic carbocycles. The van der Waals surface area contributed by atoms with E-state index in [9.17, 15) is 10.2 Å². The number of rotatable bonds is 8. The number of benzene rings is 2. The van der Waals surface area contributed by atoms with E-state index in [-0.39, 0.29) is 5.75 Å². The number of hydrogen-bond donors (Lipinski definition) is 2. The summed E-state index contributed by atoms with van der Waals surface area (Å²) in [6.07, 6.45) is -0.536. The molecule has 0 aromatic heterocycles. The van der Waals surface area contributed by atoms with Gasteiger partial charge in [-0.15, -0.1) is 0 Å². The zero-order valence-electron chi connectivity index (χ0n) is 12.9. The highest BCUT2D eigenvalue weighted by Gasteiger charge is 2.09. The molecular formula is C18H23NO3. The first-order valence-corrected chi connectivity index (χ1v) is 7.39. The third kappa shape index (κ3) is 5.85. The molecule has 4 heteroatoms. The maximum Gasteiger partial charge on any atom is 0.115 e. The molecule has 0 aliphatic rings. The maximum absolute atomic E-state index is 10.0. The van der Waals surface area contributed by atoms with Gasteiger partial charge in [-0.2, -0.15) is 0 Å². The molecule has 2 rings (SSSR count). The summed E-state index contributed by atoms with van der Waals surface area (Å²) in [6, 6.07) is 17.1. The van der Waals surface area contributed by atoms with Crippen LogP contribution < -0.4 is 0 Å². The summed E-state index contributed by atoms with van der Waals surface area (Å²) in [5.74, 6) is 0.262. The molecule has 118 valence electrons. The molecule has 1 atom stereocenters. The lowest BCUT2D eigenvalue weighted by Gasteiger charge is -2.20. The van der Waals surface area contributed by atoms with Crippen molar-refractivity contribution in [2.75, 3.05) is 20.2 Å². The highest BCUT2D eigenvalue weighted by atomic mass is 16.5. The minimum Gasteiger partial charge on any atom is -0.508 e. The van der Waals surface area contributed by atoms with Gasteiger partial charge in [0.1, 0.15) is 5.75 Å². The van der Waals surface area contributed by atoms with Gasteiger partial charge < -0.3 is 14.9 Å². The minimum atomic E-state index is -0.536. The Morgan fingerprint density at radius 3 is 2.50 bits per heavy atom. The normalized spacial score (nSPS) is 12.5. The van der Waals surface area contributed by atoms with Crippen molar-refractivity contribution in [2.24, 2.45) is 0 Å². The van der Waals surface area contributed by atoms with E-state index >= 15 is 0 Å². The molecule has 0 radical (unpaired) electrons. The van der Waals surface area contributed by atoms with E-state index in [0.29, 0.717) is 26.3 Å². The molecule has 2 N–H and O–H groups in total. The molecule has 2 aromatic rings. The van der Waals surface area contributed by atoms with Crippen LogP contribution in [0.15, 0.2) is 54.6 Å². The number of aliphatic hydroxyl groups excluding tert-OH is 1. The summed E-state index contributed by atoms with van der Waals surface area (Å²) in [5.41, 5.74) is 2.11. The van der Waals surface area contributed by atoms with Crippen molar-refractivity contribution in [3.63, 3.8) is 0 Å². The third-order valence-electron chi connectivity index (χ3n) is 3.31.